The molecule has 1 saturated heterocycles. The average molecular weight is 215 g/mol. The van der Waals surface area contributed by atoms with Gasteiger partial charge in [-0.2, -0.15) is 5.26 Å². The van der Waals surface area contributed by atoms with Gasteiger partial charge in [0.15, 0.2) is 0 Å². The van der Waals surface area contributed by atoms with Gasteiger partial charge in [0.2, 0.25) is 0 Å². The highest BCUT2D eigenvalue weighted by atomic mass is 15.1. The van der Waals surface area contributed by atoms with E-state index in [1.807, 2.05) is 6.07 Å². The van der Waals surface area contributed by atoms with Gasteiger partial charge >= 0.3 is 0 Å². The molecule has 1 aliphatic heterocycles. The summed E-state index contributed by atoms with van der Waals surface area (Å²) in [4.78, 5) is 2.33. The highest BCUT2D eigenvalue weighted by molar-refractivity contribution is 5.14. The first-order valence-corrected chi connectivity index (χ1v) is 5.71. The Bertz CT molecular complexity index is 369. The standard InChI is InChI=1S/C13H17N3/c14-8-12-6-7-16(10-13(12)15)9-11-4-2-1-3-5-11/h1-5,12-13H,6-7,9-10,15H2. The van der Waals surface area contributed by atoms with Crippen molar-refractivity contribution in [2.75, 3.05) is 13.1 Å². The van der Waals surface area contributed by atoms with E-state index in [0.29, 0.717) is 0 Å². The second-order valence-electron chi connectivity index (χ2n) is 4.41. The van der Waals surface area contributed by atoms with Crippen LogP contribution >= 0.6 is 0 Å². The molecule has 84 valence electrons. The Balaban J connectivity index is 1.92. The van der Waals surface area contributed by atoms with Crippen LogP contribution in [0.25, 0.3) is 0 Å². The van der Waals surface area contributed by atoms with Gasteiger partial charge in [0, 0.05) is 19.1 Å². The van der Waals surface area contributed by atoms with Crippen LogP contribution in [-0.2, 0) is 6.54 Å². The molecule has 0 bridgehead atoms. The lowest BCUT2D eigenvalue weighted by Gasteiger charge is -2.33. The summed E-state index contributed by atoms with van der Waals surface area (Å²) in [6, 6.07) is 12.7. The summed E-state index contributed by atoms with van der Waals surface area (Å²) in [5.41, 5.74) is 7.28. The summed E-state index contributed by atoms with van der Waals surface area (Å²) in [6.45, 7) is 2.74. The lowest BCUT2D eigenvalue weighted by molar-refractivity contribution is 0.176. The monoisotopic (exact) mass is 215 g/mol. The van der Waals surface area contributed by atoms with E-state index in [-0.39, 0.29) is 12.0 Å². The van der Waals surface area contributed by atoms with Crippen molar-refractivity contribution in [2.45, 2.75) is 19.0 Å². The van der Waals surface area contributed by atoms with Gasteiger partial charge in [0.1, 0.15) is 0 Å². The second-order valence-corrected chi connectivity index (χ2v) is 4.41. The Morgan fingerprint density at radius 3 is 2.75 bits per heavy atom. The van der Waals surface area contributed by atoms with Crippen LogP contribution in [0.15, 0.2) is 30.3 Å². The largest absolute Gasteiger partial charge is 0.325 e. The predicted molar refractivity (Wildman–Crippen MR) is 63.4 cm³/mol. The van der Waals surface area contributed by atoms with Crippen molar-refractivity contribution >= 4 is 0 Å². The Kier molecular flexibility index (Phi) is 3.55. The highest BCUT2D eigenvalue weighted by Gasteiger charge is 2.25. The average Bonchev–Trinajstić information content (AvgIpc) is 2.31. The molecule has 0 aromatic heterocycles. The van der Waals surface area contributed by atoms with Crippen LogP contribution in [0.2, 0.25) is 0 Å². The molecule has 2 rings (SSSR count). The molecule has 16 heavy (non-hydrogen) atoms. The van der Waals surface area contributed by atoms with Crippen LogP contribution in [0.1, 0.15) is 12.0 Å². The molecule has 1 aromatic rings. The van der Waals surface area contributed by atoms with Crippen molar-refractivity contribution < 1.29 is 0 Å². The van der Waals surface area contributed by atoms with Gasteiger partial charge in [0.05, 0.1) is 12.0 Å². The van der Waals surface area contributed by atoms with E-state index in [4.69, 9.17) is 11.0 Å². The zero-order valence-electron chi connectivity index (χ0n) is 9.34. The maximum Gasteiger partial charge on any atom is 0.0673 e. The van der Waals surface area contributed by atoms with Crippen LogP contribution < -0.4 is 5.73 Å². The number of rotatable bonds is 2. The molecular formula is C13H17N3. The molecule has 1 fully saturated rings. The van der Waals surface area contributed by atoms with Crippen molar-refractivity contribution in [2.24, 2.45) is 11.7 Å². The topological polar surface area (TPSA) is 53.0 Å². The van der Waals surface area contributed by atoms with Crippen molar-refractivity contribution in [3.05, 3.63) is 35.9 Å². The molecule has 2 atom stereocenters. The van der Waals surface area contributed by atoms with Gasteiger partial charge in [-0.15, -0.1) is 0 Å². The third-order valence-electron chi connectivity index (χ3n) is 3.16. The number of piperidine rings is 1. The third kappa shape index (κ3) is 2.60. The van der Waals surface area contributed by atoms with E-state index >= 15 is 0 Å². The quantitative estimate of drug-likeness (QED) is 0.810. The molecule has 3 nitrogen and oxygen atoms in total. The van der Waals surface area contributed by atoms with Crippen LogP contribution in [0.4, 0.5) is 0 Å². The Labute approximate surface area is 96.5 Å². The van der Waals surface area contributed by atoms with Crippen LogP contribution in [0, 0.1) is 17.2 Å². The normalized spacial score (nSPS) is 26.2. The van der Waals surface area contributed by atoms with E-state index in [1.54, 1.807) is 0 Å². The smallest absolute Gasteiger partial charge is 0.0673 e. The molecule has 0 saturated carbocycles. The fraction of sp³-hybridized carbons (Fsp3) is 0.462. The minimum Gasteiger partial charge on any atom is -0.325 e. The van der Waals surface area contributed by atoms with Crippen LogP contribution in [-0.4, -0.2) is 24.0 Å². The number of hydrogen-bond donors (Lipinski definition) is 1. The lowest BCUT2D eigenvalue weighted by atomic mass is 9.93. The summed E-state index contributed by atoms with van der Waals surface area (Å²) in [5, 5.41) is 8.89. The van der Waals surface area contributed by atoms with Crippen molar-refractivity contribution in [1.29, 1.82) is 5.26 Å². The Morgan fingerprint density at radius 1 is 1.38 bits per heavy atom. The van der Waals surface area contributed by atoms with E-state index in [1.165, 1.54) is 5.56 Å². The predicted octanol–water partition coefficient (Wildman–Crippen LogP) is 1.36. The summed E-state index contributed by atoms with van der Waals surface area (Å²) in [5.74, 6) is 0.0343. The molecule has 0 radical (unpaired) electrons. The Morgan fingerprint density at radius 2 is 2.12 bits per heavy atom. The van der Waals surface area contributed by atoms with Gasteiger partial charge in [0.25, 0.3) is 0 Å². The fourth-order valence-electron chi connectivity index (χ4n) is 2.20. The van der Waals surface area contributed by atoms with Gasteiger partial charge in [-0.25, -0.2) is 0 Å². The fourth-order valence-corrected chi connectivity index (χ4v) is 2.20. The third-order valence-corrected chi connectivity index (χ3v) is 3.16. The molecule has 3 heteroatoms. The number of benzene rings is 1. The lowest BCUT2D eigenvalue weighted by Crippen LogP contribution is -2.47. The van der Waals surface area contributed by atoms with Crippen LogP contribution in [0.3, 0.4) is 0 Å². The van der Waals surface area contributed by atoms with Gasteiger partial charge in [-0.05, 0) is 18.5 Å². The summed E-state index contributed by atoms with van der Waals surface area (Å²) >= 11 is 0. The molecular weight excluding hydrogens is 198 g/mol. The van der Waals surface area contributed by atoms with Gasteiger partial charge in [-0.1, -0.05) is 30.3 Å². The number of nitrogens with zero attached hydrogens (tertiary/aromatic N) is 2. The van der Waals surface area contributed by atoms with E-state index in [2.05, 4.69) is 35.2 Å². The van der Waals surface area contributed by atoms with E-state index in [9.17, 15) is 0 Å². The molecule has 0 spiro atoms. The second kappa shape index (κ2) is 5.11. The zero-order chi connectivity index (χ0) is 11.4. The first-order chi connectivity index (χ1) is 7.79. The maximum atomic E-state index is 8.89. The molecule has 1 aromatic carbocycles. The summed E-state index contributed by atoms with van der Waals surface area (Å²) < 4.78 is 0. The number of nitriles is 1. The molecule has 1 aliphatic rings. The van der Waals surface area contributed by atoms with Gasteiger partial charge in [-0.3, -0.25) is 4.90 Å². The maximum absolute atomic E-state index is 8.89. The zero-order valence-corrected chi connectivity index (χ0v) is 9.34. The van der Waals surface area contributed by atoms with Gasteiger partial charge < -0.3 is 5.73 Å². The Hall–Kier alpha value is -1.37. The van der Waals surface area contributed by atoms with E-state index < -0.39 is 0 Å². The molecule has 2 N–H and O–H groups in total. The highest BCUT2D eigenvalue weighted by Crippen LogP contribution is 2.17. The molecule has 1 heterocycles. The van der Waals surface area contributed by atoms with E-state index in [0.717, 1.165) is 26.1 Å². The molecule has 2 unspecified atom stereocenters. The SMILES string of the molecule is N#CC1CCN(Cc2ccccc2)CC1N. The number of hydrogen-bond acceptors (Lipinski definition) is 3. The molecule has 0 amide bonds. The van der Waals surface area contributed by atoms with Crippen molar-refractivity contribution in [3.8, 4) is 6.07 Å². The summed E-state index contributed by atoms with van der Waals surface area (Å²) in [7, 11) is 0. The van der Waals surface area contributed by atoms with Crippen molar-refractivity contribution in [1.82, 2.24) is 4.90 Å². The number of likely N-dealkylation sites (tertiary alicyclic amines) is 1. The minimum atomic E-state index is 0.00228. The van der Waals surface area contributed by atoms with Crippen LogP contribution in [0.5, 0.6) is 0 Å². The number of nitrogens with two attached hydrogens (primary N) is 1. The minimum absolute atomic E-state index is 0.00228. The first-order valence-electron chi connectivity index (χ1n) is 5.71. The van der Waals surface area contributed by atoms with Crippen molar-refractivity contribution in [3.63, 3.8) is 0 Å². The molecule has 0 aliphatic carbocycles. The summed E-state index contributed by atoms with van der Waals surface area (Å²) in [6.07, 6.45) is 0.893. The first kappa shape index (κ1) is 11.1.